The summed E-state index contributed by atoms with van der Waals surface area (Å²) >= 11 is 0. The standard InChI is InChI=1S/C17H25NO4/c1-6-12(18-16(20)22-17(2,3)4)11-14(19)13-9-7-8-10-15(13)21-5/h7-10,12H,6,11H2,1-5H3,(H,18,20). The molecule has 5 heteroatoms. The predicted octanol–water partition coefficient (Wildman–Crippen LogP) is 3.57. The fourth-order valence-electron chi connectivity index (χ4n) is 1.98. The van der Waals surface area contributed by atoms with E-state index in [9.17, 15) is 9.59 Å². The van der Waals surface area contributed by atoms with E-state index in [1.165, 1.54) is 7.11 Å². The van der Waals surface area contributed by atoms with Gasteiger partial charge in [0.2, 0.25) is 0 Å². The molecule has 0 aromatic heterocycles. The Morgan fingerprint density at radius 1 is 1.23 bits per heavy atom. The number of benzene rings is 1. The van der Waals surface area contributed by atoms with Crippen molar-refractivity contribution in [1.82, 2.24) is 5.32 Å². The van der Waals surface area contributed by atoms with Gasteiger partial charge in [-0.15, -0.1) is 0 Å². The van der Waals surface area contributed by atoms with E-state index in [1.807, 2.05) is 13.0 Å². The third-order valence-corrected chi connectivity index (χ3v) is 3.05. The molecule has 0 saturated carbocycles. The van der Waals surface area contributed by atoms with E-state index in [-0.39, 0.29) is 18.2 Å². The van der Waals surface area contributed by atoms with E-state index < -0.39 is 11.7 Å². The minimum Gasteiger partial charge on any atom is -0.496 e. The van der Waals surface area contributed by atoms with Crippen LogP contribution in [0.3, 0.4) is 0 Å². The third-order valence-electron chi connectivity index (χ3n) is 3.05. The van der Waals surface area contributed by atoms with Crippen molar-refractivity contribution in [1.29, 1.82) is 0 Å². The zero-order chi connectivity index (χ0) is 16.8. The summed E-state index contributed by atoms with van der Waals surface area (Å²) in [5, 5.41) is 2.74. The van der Waals surface area contributed by atoms with Crippen molar-refractivity contribution >= 4 is 11.9 Å². The number of carbonyl (C=O) groups is 2. The van der Waals surface area contributed by atoms with Crippen LogP contribution in [-0.2, 0) is 4.74 Å². The van der Waals surface area contributed by atoms with Gasteiger partial charge in [0.15, 0.2) is 5.78 Å². The third kappa shape index (κ3) is 5.76. The lowest BCUT2D eigenvalue weighted by molar-refractivity contribution is 0.0500. The molecule has 1 aromatic carbocycles. The number of hydrogen-bond acceptors (Lipinski definition) is 4. The maximum absolute atomic E-state index is 12.4. The maximum atomic E-state index is 12.4. The normalized spacial score (nSPS) is 12.4. The Morgan fingerprint density at radius 2 is 1.86 bits per heavy atom. The summed E-state index contributed by atoms with van der Waals surface area (Å²) in [4.78, 5) is 24.2. The first-order valence-electron chi connectivity index (χ1n) is 7.42. The van der Waals surface area contributed by atoms with Gasteiger partial charge in [0.25, 0.3) is 0 Å². The number of ether oxygens (including phenoxy) is 2. The number of amides is 1. The van der Waals surface area contributed by atoms with Crippen LogP contribution in [0.2, 0.25) is 0 Å². The van der Waals surface area contributed by atoms with Gasteiger partial charge in [-0.05, 0) is 39.3 Å². The van der Waals surface area contributed by atoms with Gasteiger partial charge in [0, 0.05) is 12.5 Å². The second-order valence-electron chi connectivity index (χ2n) is 6.08. The van der Waals surface area contributed by atoms with Crippen LogP contribution in [0.4, 0.5) is 4.79 Å². The van der Waals surface area contributed by atoms with Gasteiger partial charge in [-0.3, -0.25) is 4.79 Å². The molecule has 0 heterocycles. The summed E-state index contributed by atoms with van der Waals surface area (Å²) in [5.41, 5.74) is -0.0379. The molecule has 1 amide bonds. The lowest BCUT2D eigenvalue weighted by atomic mass is 10.0. The van der Waals surface area contributed by atoms with Crippen LogP contribution >= 0.6 is 0 Å². The first-order chi connectivity index (χ1) is 10.3. The summed E-state index contributed by atoms with van der Waals surface area (Å²) in [5.74, 6) is 0.472. The molecule has 0 spiro atoms. The Bertz CT molecular complexity index is 520. The van der Waals surface area contributed by atoms with Crippen molar-refractivity contribution in [2.75, 3.05) is 7.11 Å². The molecule has 122 valence electrons. The number of rotatable bonds is 6. The molecule has 0 fully saturated rings. The molecule has 0 aliphatic rings. The number of carbonyl (C=O) groups excluding carboxylic acids is 2. The Morgan fingerprint density at radius 3 is 2.41 bits per heavy atom. The number of methoxy groups -OCH3 is 1. The van der Waals surface area contributed by atoms with Crippen LogP contribution < -0.4 is 10.1 Å². The molecule has 1 N–H and O–H groups in total. The van der Waals surface area contributed by atoms with Gasteiger partial charge in [0.05, 0.1) is 12.7 Å². The number of Topliss-reactive ketones (excluding diaryl/α,β-unsaturated/α-hetero) is 1. The molecule has 1 atom stereocenters. The first-order valence-corrected chi connectivity index (χ1v) is 7.42. The van der Waals surface area contributed by atoms with E-state index in [0.717, 1.165) is 0 Å². The van der Waals surface area contributed by atoms with Crippen molar-refractivity contribution < 1.29 is 19.1 Å². The van der Waals surface area contributed by atoms with Gasteiger partial charge in [-0.25, -0.2) is 4.79 Å². The van der Waals surface area contributed by atoms with E-state index >= 15 is 0 Å². The van der Waals surface area contributed by atoms with Gasteiger partial charge < -0.3 is 14.8 Å². The Hall–Kier alpha value is -2.04. The van der Waals surface area contributed by atoms with Crippen LogP contribution in [0.1, 0.15) is 50.9 Å². The smallest absolute Gasteiger partial charge is 0.407 e. The second-order valence-corrected chi connectivity index (χ2v) is 6.08. The van der Waals surface area contributed by atoms with Crippen LogP contribution in [0.5, 0.6) is 5.75 Å². The first kappa shape index (κ1) is 18.0. The Kier molecular flexibility index (Phi) is 6.40. The van der Waals surface area contributed by atoms with Crippen LogP contribution in [0.25, 0.3) is 0 Å². The van der Waals surface area contributed by atoms with Gasteiger partial charge in [-0.1, -0.05) is 19.1 Å². The van der Waals surface area contributed by atoms with Crippen molar-refractivity contribution in [2.24, 2.45) is 0 Å². The summed E-state index contributed by atoms with van der Waals surface area (Å²) in [7, 11) is 1.53. The van der Waals surface area contributed by atoms with Gasteiger partial charge >= 0.3 is 6.09 Å². The van der Waals surface area contributed by atoms with Crippen LogP contribution in [-0.4, -0.2) is 30.6 Å². The van der Waals surface area contributed by atoms with Crippen molar-refractivity contribution in [2.45, 2.75) is 52.2 Å². The lowest BCUT2D eigenvalue weighted by Gasteiger charge is -2.23. The van der Waals surface area contributed by atoms with E-state index in [1.54, 1.807) is 39.0 Å². The number of hydrogen-bond donors (Lipinski definition) is 1. The zero-order valence-corrected chi connectivity index (χ0v) is 13.9. The zero-order valence-electron chi connectivity index (χ0n) is 13.9. The molecule has 0 aliphatic heterocycles. The number of para-hydroxylation sites is 1. The summed E-state index contributed by atoms with van der Waals surface area (Å²) in [6.45, 7) is 7.31. The molecule has 0 bridgehead atoms. The highest BCUT2D eigenvalue weighted by atomic mass is 16.6. The van der Waals surface area contributed by atoms with Crippen molar-refractivity contribution in [3.05, 3.63) is 29.8 Å². The average molecular weight is 307 g/mol. The molecule has 1 rings (SSSR count). The van der Waals surface area contributed by atoms with Crippen LogP contribution in [0, 0.1) is 0 Å². The van der Waals surface area contributed by atoms with E-state index in [4.69, 9.17) is 9.47 Å². The number of ketones is 1. The largest absolute Gasteiger partial charge is 0.496 e. The summed E-state index contributed by atoms with van der Waals surface area (Å²) in [6, 6.07) is 6.80. The quantitative estimate of drug-likeness (QED) is 0.816. The molecule has 22 heavy (non-hydrogen) atoms. The van der Waals surface area contributed by atoms with E-state index in [2.05, 4.69) is 5.32 Å². The van der Waals surface area contributed by atoms with Crippen LogP contribution in [0.15, 0.2) is 24.3 Å². The fourth-order valence-corrected chi connectivity index (χ4v) is 1.98. The van der Waals surface area contributed by atoms with Gasteiger partial charge in [-0.2, -0.15) is 0 Å². The highest BCUT2D eigenvalue weighted by molar-refractivity contribution is 5.99. The summed E-state index contributed by atoms with van der Waals surface area (Å²) < 4.78 is 10.4. The van der Waals surface area contributed by atoms with Crippen molar-refractivity contribution in [3.8, 4) is 5.75 Å². The lowest BCUT2D eigenvalue weighted by Crippen LogP contribution is -2.39. The molecular formula is C17H25NO4. The highest BCUT2D eigenvalue weighted by Gasteiger charge is 2.21. The van der Waals surface area contributed by atoms with Gasteiger partial charge in [0.1, 0.15) is 11.4 Å². The molecule has 0 aliphatic carbocycles. The topological polar surface area (TPSA) is 64.6 Å². The summed E-state index contributed by atoms with van der Waals surface area (Å²) in [6.07, 6.45) is 0.336. The molecule has 5 nitrogen and oxygen atoms in total. The molecule has 0 saturated heterocycles. The highest BCUT2D eigenvalue weighted by Crippen LogP contribution is 2.20. The molecule has 0 radical (unpaired) electrons. The number of nitrogens with one attached hydrogen (secondary N) is 1. The van der Waals surface area contributed by atoms with E-state index in [0.29, 0.717) is 17.7 Å². The Labute approximate surface area is 132 Å². The minimum absolute atomic E-state index is 0.0691. The second kappa shape index (κ2) is 7.82. The molecule has 1 unspecified atom stereocenters. The SMILES string of the molecule is CCC(CC(=O)c1ccccc1OC)NC(=O)OC(C)(C)C. The average Bonchev–Trinajstić information content (AvgIpc) is 2.44. The molecule has 1 aromatic rings. The minimum atomic E-state index is -0.560. The number of alkyl carbamates (subject to hydrolysis) is 1. The predicted molar refractivity (Wildman–Crippen MR) is 85.4 cm³/mol. The molecular weight excluding hydrogens is 282 g/mol. The maximum Gasteiger partial charge on any atom is 0.407 e. The fraction of sp³-hybridized carbons (Fsp3) is 0.529. The van der Waals surface area contributed by atoms with Crippen molar-refractivity contribution in [3.63, 3.8) is 0 Å². The Balaban J connectivity index is 2.69. The monoisotopic (exact) mass is 307 g/mol.